The van der Waals surface area contributed by atoms with Crippen molar-refractivity contribution in [3.8, 4) is 6.07 Å². The van der Waals surface area contributed by atoms with E-state index in [1.165, 1.54) is 0 Å². The first-order valence-electron chi connectivity index (χ1n) is 3.44. The van der Waals surface area contributed by atoms with Crippen LogP contribution >= 0.6 is 11.8 Å². The molecule has 0 spiro atoms. The summed E-state index contributed by atoms with van der Waals surface area (Å²) >= 11 is 1.71. The predicted octanol–water partition coefficient (Wildman–Crippen LogP) is 1.42. The van der Waals surface area contributed by atoms with Crippen molar-refractivity contribution < 1.29 is 4.74 Å². The predicted molar refractivity (Wildman–Crippen MR) is 41.9 cm³/mol. The molecule has 56 valence electrons. The summed E-state index contributed by atoms with van der Waals surface area (Å²) in [7, 11) is 0. The first-order chi connectivity index (χ1) is 4.84. The lowest BCUT2D eigenvalue weighted by Crippen LogP contribution is -2.13. The minimum absolute atomic E-state index is 0.346. The molecule has 0 bridgehead atoms. The van der Waals surface area contributed by atoms with Gasteiger partial charge in [0.05, 0.1) is 17.9 Å². The number of nitriles is 1. The summed E-state index contributed by atoms with van der Waals surface area (Å²) < 4.78 is 5.33. The van der Waals surface area contributed by atoms with Gasteiger partial charge in [0.25, 0.3) is 0 Å². The van der Waals surface area contributed by atoms with Gasteiger partial charge in [-0.3, -0.25) is 0 Å². The average molecular weight is 157 g/mol. The highest BCUT2D eigenvalue weighted by Gasteiger charge is 2.23. The Bertz CT molecular complexity index is 143. The van der Waals surface area contributed by atoms with E-state index in [1.807, 2.05) is 0 Å². The molecule has 3 heteroatoms. The SMILES string of the molecule is CC1OCCC1SCC#N. The number of thioether (sulfide) groups is 1. The van der Waals surface area contributed by atoms with Crippen molar-refractivity contribution >= 4 is 11.8 Å². The maximum absolute atomic E-state index is 8.30. The van der Waals surface area contributed by atoms with Gasteiger partial charge in [-0.25, -0.2) is 0 Å². The fraction of sp³-hybridized carbons (Fsp3) is 0.857. The minimum atomic E-state index is 0.346. The van der Waals surface area contributed by atoms with Gasteiger partial charge in [0.15, 0.2) is 0 Å². The molecule has 0 aliphatic carbocycles. The van der Waals surface area contributed by atoms with Gasteiger partial charge in [-0.15, -0.1) is 11.8 Å². The quantitative estimate of drug-likeness (QED) is 0.607. The number of ether oxygens (including phenoxy) is 1. The van der Waals surface area contributed by atoms with Gasteiger partial charge in [0.1, 0.15) is 0 Å². The van der Waals surface area contributed by atoms with E-state index in [0.717, 1.165) is 13.0 Å². The van der Waals surface area contributed by atoms with Gasteiger partial charge in [-0.1, -0.05) is 0 Å². The van der Waals surface area contributed by atoms with E-state index < -0.39 is 0 Å². The molecule has 0 aromatic rings. The molecule has 1 rings (SSSR count). The molecule has 0 aromatic heterocycles. The molecular formula is C7H11NOS. The molecule has 2 unspecified atom stereocenters. The molecule has 2 atom stereocenters. The van der Waals surface area contributed by atoms with Gasteiger partial charge < -0.3 is 4.74 Å². The number of hydrogen-bond acceptors (Lipinski definition) is 3. The minimum Gasteiger partial charge on any atom is -0.377 e. The Labute approximate surface area is 65.6 Å². The maximum Gasteiger partial charge on any atom is 0.0811 e. The van der Waals surface area contributed by atoms with Crippen molar-refractivity contribution in [2.75, 3.05) is 12.4 Å². The standard InChI is InChI=1S/C7H11NOS/c1-6-7(2-4-9-6)10-5-3-8/h6-7H,2,4-5H2,1H3. The molecule has 0 amide bonds. The first kappa shape index (κ1) is 7.90. The first-order valence-corrected chi connectivity index (χ1v) is 4.49. The monoisotopic (exact) mass is 157 g/mol. The van der Waals surface area contributed by atoms with Crippen LogP contribution in [-0.4, -0.2) is 23.7 Å². The Morgan fingerprint density at radius 2 is 2.60 bits per heavy atom. The van der Waals surface area contributed by atoms with Crippen molar-refractivity contribution in [1.82, 2.24) is 0 Å². The largest absolute Gasteiger partial charge is 0.377 e. The molecule has 10 heavy (non-hydrogen) atoms. The lowest BCUT2D eigenvalue weighted by molar-refractivity contribution is 0.127. The van der Waals surface area contributed by atoms with Crippen LogP contribution in [0.25, 0.3) is 0 Å². The van der Waals surface area contributed by atoms with Crippen LogP contribution in [0, 0.1) is 11.3 Å². The lowest BCUT2D eigenvalue weighted by Gasteiger charge is -2.10. The highest BCUT2D eigenvalue weighted by Crippen LogP contribution is 2.25. The van der Waals surface area contributed by atoms with Crippen LogP contribution in [0.5, 0.6) is 0 Å². The normalized spacial score (nSPS) is 32.0. The van der Waals surface area contributed by atoms with E-state index in [1.54, 1.807) is 11.8 Å². The lowest BCUT2D eigenvalue weighted by atomic mass is 10.3. The highest BCUT2D eigenvalue weighted by molar-refractivity contribution is 8.00. The number of hydrogen-bond donors (Lipinski definition) is 0. The molecule has 1 fully saturated rings. The molecule has 0 saturated carbocycles. The van der Waals surface area contributed by atoms with Crippen molar-refractivity contribution in [3.63, 3.8) is 0 Å². The zero-order chi connectivity index (χ0) is 7.40. The summed E-state index contributed by atoms with van der Waals surface area (Å²) in [6.07, 6.45) is 1.45. The van der Waals surface area contributed by atoms with Crippen molar-refractivity contribution in [2.45, 2.75) is 24.7 Å². The van der Waals surface area contributed by atoms with E-state index in [9.17, 15) is 0 Å². The fourth-order valence-electron chi connectivity index (χ4n) is 1.08. The van der Waals surface area contributed by atoms with Crippen LogP contribution in [0.1, 0.15) is 13.3 Å². The maximum atomic E-state index is 8.30. The zero-order valence-electron chi connectivity index (χ0n) is 6.04. The van der Waals surface area contributed by atoms with Crippen LogP contribution < -0.4 is 0 Å². The Morgan fingerprint density at radius 3 is 3.10 bits per heavy atom. The molecular weight excluding hydrogens is 146 g/mol. The molecule has 1 aliphatic rings. The van der Waals surface area contributed by atoms with Crippen LogP contribution in [-0.2, 0) is 4.74 Å². The second-order valence-corrected chi connectivity index (χ2v) is 3.60. The zero-order valence-corrected chi connectivity index (χ0v) is 6.86. The molecule has 0 radical (unpaired) electrons. The van der Waals surface area contributed by atoms with E-state index >= 15 is 0 Å². The van der Waals surface area contributed by atoms with Crippen molar-refractivity contribution in [3.05, 3.63) is 0 Å². The van der Waals surface area contributed by atoms with Crippen LogP contribution in [0.15, 0.2) is 0 Å². The molecule has 2 nitrogen and oxygen atoms in total. The topological polar surface area (TPSA) is 33.0 Å². The Balaban J connectivity index is 2.21. The van der Waals surface area contributed by atoms with E-state index in [-0.39, 0.29) is 0 Å². The van der Waals surface area contributed by atoms with Crippen molar-refractivity contribution in [1.29, 1.82) is 5.26 Å². The Kier molecular flexibility index (Phi) is 3.04. The third kappa shape index (κ3) is 1.89. The van der Waals surface area contributed by atoms with Gasteiger partial charge >= 0.3 is 0 Å². The summed E-state index contributed by atoms with van der Waals surface area (Å²) in [4.78, 5) is 0. The average Bonchev–Trinajstić information content (AvgIpc) is 2.31. The third-order valence-corrected chi connectivity index (χ3v) is 3.01. The van der Waals surface area contributed by atoms with Crippen LogP contribution in [0.3, 0.4) is 0 Å². The molecule has 1 aliphatic heterocycles. The summed E-state index contributed by atoms with van der Waals surface area (Å²) in [6.45, 7) is 2.94. The van der Waals surface area contributed by atoms with Crippen molar-refractivity contribution in [2.24, 2.45) is 0 Å². The van der Waals surface area contributed by atoms with E-state index in [4.69, 9.17) is 10.00 Å². The molecule has 1 heterocycles. The Hall–Kier alpha value is -0.200. The summed E-state index contributed by atoms with van der Waals surface area (Å²) in [5.41, 5.74) is 0. The third-order valence-electron chi connectivity index (χ3n) is 1.67. The summed E-state index contributed by atoms with van der Waals surface area (Å²) in [6, 6.07) is 2.12. The smallest absolute Gasteiger partial charge is 0.0811 e. The highest BCUT2D eigenvalue weighted by atomic mass is 32.2. The summed E-state index contributed by atoms with van der Waals surface area (Å²) in [5, 5.41) is 8.86. The Morgan fingerprint density at radius 1 is 1.80 bits per heavy atom. The molecule has 0 aromatic carbocycles. The number of rotatable bonds is 2. The number of nitrogens with zero attached hydrogens (tertiary/aromatic N) is 1. The van der Waals surface area contributed by atoms with Crippen LogP contribution in [0.2, 0.25) is 0 Å². The van der Waals surface area contributed by atoms with E-state index in [0.29, 0.717) is 17.1 Å². The fourth-order valence-corrected chi connectivity index (χ4v) is 1.98. The van der Waals surface area contributed by atoms with E-state index in [2.05, 4.69) is 13.0 Å². The van der Waals surface area contributed by atoms with Gasteiger partial charge in [-0.05, 0) is 13.3 Å². The van der Waals surface area contributed by atoms with Gasteiger partial charge in [0, 0.05) is 11.9 Å². The van der Waals surface area contributed by atoms with Gasteiger partial charge in [0.2, 0.25) is 0 Å². The molecule has 0 N–H and O–H groups in total. The summed E-state index contributed by atoms with van der Waals surface area (Å²) in [5.74, 6) is 0.596. The second-order valence-electron chi connectivity index (χ2n) is 2.37. The molecule has 1 saturated heterocycles. The second kappa shape index (κ2) is 3.85. The van der Waals surface area contributed by atoms with Crippen LogP contribution in [0.4, 0.5) is 0 Å². The van der Waals surface area contributed by atoms with Gasteiger partial charge in [-0.2, -0.15) is 5.26 Å².